The Morgan fingerprint density at radius 1 is 1.26 bits per heavy atom. The number of alkyl carbamates (subject to hydrolysis) is 1. The fourth-order valence-corrected chi connectivity index (χ4v) is 2.45. The predicted octanol–water partition coefficient (Wildman–Crippen LogP) is -0.00290. The van der Waals surface area contributed by atoms with Gasteiger partial charge in [-0.1, -0.05) is 11.8 Å². The van der Waals surface area contributed by atoms with Crippen molar-refractivity contribution in [1.82, 2.24) is 16.0 Å². The van der Waals surface area contributed by atoms with Gasteiger partial charge in [-0.3, -0.25) is 14.4 Å². The quantitative estimate of drug-likeness (QED) is 0.396. The highest BCUT2D eigenvalue weighted by molar-refractivity contribution is 8.14. The second-order valence-electron chi connectivity index (χ2n) is 4.56. The van der Waals surface area contributed by atoms with Gasteiger partial charge in [0.15, 0.2) is 0 Å². The van der Waals surface area contributed by atoms with Gasteiger partial charge in [-0.2, -0.15) is 0 Å². The number of nitrogens with one attached hydrogen (secondary N) is 3. The molecule has 0 saturated carbocycles. The summed E-state index contributed by atoms with van der Waals surface area (Å²) in [7, 11) is 0. The van der Waals surface area contributed by atoms with Crippen molar-refractivity contribution in [3.8, 4) is 0 Å². The molecule has 0 aromatic carbocycles. The Balaban J connectivity index is 1.98. The molecule has 1 saturated heterocycles. The van der Waals surface area contributed by atoms with Crippen molar-refractivity contribution in [2.75, 3.05) is 32.1 Å². The first-order valence-corrected chi connectivity index (χ1v) is 8.28. The molecule has 0 aliphatic carbocycles. The van der Waals surface area contributed by atoms with Gasteiger partial charge >= 0.3 is 12.1 Å². The van der Waals surface area contributed by atoms with Gasteiger partial charge in [0, 0.05) is 18.7 Å². The summed E-state index contributed by atoms with van der Waals surface area (Å²) in [5, 5.41) is 7.34. The Morgan fingerprint density at radius 2 is 2.04 bits per heavy atom. The van der Waals surface area contributed by atoms with Crippen LogP contribution in [0.25, 0.3) is 0 Å². The van der Waals surface area contributed by atoms with Gasteiger partial charge < -0.3 is 25.4 Å². The standard InChI is InChI=1S/C13H21N3O6S/c1-2-21-10(17)4-3-5-15-12(19)22-7-6-14-11(18)9-8-23-13(20)16-9/h9H,2-8H2,1H3,(H,14,18)(H,15,19)(H,16,20)/t9-/m0/s1. The number of ether oxygens (including phenoxy) is 2. The van der Waals surface area contributed by atoms with Crippen LogP contribution in [-0.4, -0.2) is 61.3 Å². The molecule has 23 heavy (non-hydrogen) atoms. The smallest absolute Gasteiger partial charge is 0.407 e. The SMILES string of the molecule is CCOC(=O)CCCNC(=O)OCCNC(=O)[C@@H]1CSC(=O)N1. The normalized spacial score (nSPS) is 16.4. The van der Waals surface area contributed by atoms with Crippen LogP contribution in [-0.2, 0) is 19.1 Å². The number of thioether (sulfide) groups is 1. The zero-order valence-corrected chi connectivity index (χ0v) is 13.7. The first-order chi connectivity index (χ1) is 11.0. The first kappa shape index (κ1) is 19.1. The van der Waals surface area contributed by atoms with Gasteiger partial charge in [0.25, 0.3) is 5.24 Å². The number of carbonyl (C=O) groups excluding carboxylic acids is 4. The third kappa shape index (κ3) is 8.29. The lowest BCUT2D eigenvalue weighted by atomic mass is 10.3. The third-order valence-corrected chi connectivity index (χ3v) is 3.64. The number of esters is 1. The van der Waals surface area contributed by atoms with E-state index >= 15 is 0 Å². The average molecular weight is 347 g/mol. The minimum atomic E-state index is -0.618. The van der Waals surface area contributed by atoms with Crippen molar-refractivity contribution in [1.29, 1.82) is 0 Å². The molecule has 1 rings (SSSR count). The van der Waals surface area contributed by atoms with Gasteiger partial charge in [0.1, 0.15) is 12.6 Å². The summed E-state index contributed by atoms with van der Waals surface area (Å²) in [6.45, 7) is 2.54. The van der Waals surface area contributed by atoms with Crippen LogP contribution in [0.15, 0.2) is 0 Å². The summed E-state index contributed by atoms with van der Waals surface area (Å²) < 4.78 is 9.61. The molecule has 0 bridgehead atoms. The number of hydrogen-bond acceptors (Lipinski definition) is 7. The van der Waals surface area contributed by atoms with Gasteiger partial charge in [-0.15, -0.1) is 0 Å². The number of amides is 3. The van der Waals surface area contributed by atoms with E-state index in [9.17, 15) is 19.2 Å². The molecule has 130 valence electrons. The van der Waals surface area contributed by atoms with Crippen molar-refractivity contribution < 1.29 is 28.7 Å². The molecule has 1 aliphatic rings. The molecule has 0 spiro atoms. The van der Waals surface area contributed by atoms with Crippen molar-refractivity contribution in [3.63, 3.8) is 0 Å². The minimum Gasteiger partial charge on any atom is -0.466 e. The summed E-state index contributed by atoms with van der Waals surface area (Å²) in [4.78, 5) is 45.0. The first-order valence-electron chi connectivity index (χ1n) is 7.30. The fraction of sp³-hybridized carbons (Fsp3) is 0.692. The van der Waals surface area contributed by atoms with Gasteiger partial charge in [0.2, 0.25) is 5.91 Å². The van der Waals surface area contributed by atoms with E-state index in [0.717, 1.165) is 11.8 Å². The van der Waals surface area contributed by atoms with Crippen LogP contribution in [0.3, 0.4) is 0 Å². The molecule has 3 amide bonds. The lowest BCUT2D eigenvalue weighted by Gasteiger charge is -2.11. The lowest BCUT2D eigenvalue weighted by Crippen LogP contribution is -2.44. The van der Waals surface area contributed by atoms with Crippen molar-refractivity contribution >= 4 is 35.0 Å². The van der Waals surface area contributed by atoms with Gasteiger partial charge in [-0.05, 0) is 13.3 Å². The molecule has 1 atom stereocenters. The number of carbonyl (C=O) groups is 4. The Bertz CT molecular complexity index is 445. The average Bonchev–Trinajstić information content (AvgIpc) is 2.95. The second kappa shape index (κ2) is 10.7. The van der Waals surface area contributed by atoms with Crippen LogP contribution >= 0.6 is 11.8 Å². The molecule has 9 nitrogen and oxygen atoms in total. The molecule has 0 unspecified atom stereocenters. The highest BCUT2D eigenvalue weighted by atomic mass is 32.2. The zero-order chi connectivity index (χ0) is 17.1. The molecule has 1 aliphatic heterocycles. The molecule has 0 aromatic heterocycles. The monoisotopic (exact) mass is 347 g/mol. The summed E-state index contributed by atoms with van der Waals surface area (Å²) in [6, 6.07) is -0.538. The maximum Gasteiger partial charge on any atom is 0.407 e. The molecule has 10 heteroatoms. The van der Waals surface area contributed by atoms with E-state index in [1.165, 1.54) is 0 Å². The number of rotatable bonds is 9. The summed E-state index contributed by atoms with van der Waals surface area (Å²) in [5.41, 5.74) is 0. The summed E-state index contributed by atoms with van der Waals surface area (Å²) in [6.07, 6.45) is 0.0757. The van der Waals surface area contributed by atoms with Gasteiger partial charge in [0.05, 0.1) is 13.2 Å². The Kier molecular flexibility index (Phi) is 8.88. The van der Waals surface area contributed by atoms with E-state index in [-0.39, 0.29) is 36.7 Å². The van der Waals surface area contributed by atoms with Crippen LogP contribution in [0, 0.1) is 0 Å². The van der Waals surface area contributed by atoms with Crippen LogP contribution in [0.4, 0.5) is 9.59 Å². The van der Waals surface area contributed by atoms with E-state index in [1.807, 2.05) is 0 Å². The molecule has 3 N–H and O–H groups in total. The lowest BCUT2D eigenvalue weighted by molar-refractivity contribution is -0.143. The van der Waals surface area contributed by atoms with Gasteiger partial charge in [-0.25, -0.2) is 4.79 Å². The van der Waals surface area contributed by atoms with Crippen molar-refractivity contribution in [3.05, 3.63) is 0 Å². The molecule has 0 radical (unpaired) electrons. The van der Waals surface area contributed by atoms with Crippen LogP contribution in [0.2, 0.25) is 0 Å². The van der Waals surface area contributed by atoms with Crippen molar-refractivity contribution in [2.45, 2.75) is 25.8 Å². The van der Waals surface area contributed by atoms with E-state index < -0.39 is 12.1 Å². The summed E-state index contributed by atoms with van der Waals surface area (Å²) in [5.74, 6) is -0.212. The second-order valence-corrected chi connectivity index (χ2v) is 5.55. The van der Waals surface area contributed by atoms with E-state index in [2.05, 4.69) is 16.0 Å². The molecule has 1 fully saturated rings. The molecular weight excluding hydrogens is 326 g/mol. The highest BCUT2D eigenvalue weighted by Crippen LogP contribution is 2.12. The largest absolute Gasteiger partial charge is 0.466 e. The molecule has 1 heterocycles. The summed E-state index contributed by atoms with van der Waals surface area (Å²) >= 11 is 1.05. The zero-order valence-electron chi connectivity index (χ0n) is 12.9. The fourth-order valence-electron chi connectivity index (χ4n) is 1.67. The topological polar surface area (TPSA) is 123 Å². The van der Waals surface area contributed by atoms with Crippen LogP contribution in [0.1, 0.15) is 19.8 Å². The Morgan fingerprint density at radius 3 is 2.70 bits per heavy atom. The third-order valence-electron chi connectivity index (χ3n) is 2.76. The maximum atomic E-state index is 11.6. The molecular formula is C13H21N3O6S. The van der Waals surface area contributed by atoms with Crippen molar-refractivity contribution in [2.24, 2.45) is 0 Å². The maximum absolute atomic E-state index is 11.6. The number of hydrogen-bond donors (Lipinski definition) is 3. The Labute approximate surface area is 138 Å². The highest BCUT2D eigenvalue weighted by Gasteiger charge is 2.27. The van der Waals surface area contributed by atoms with E-state index in [1.54, 1.807) is 6.92 Å². The van der Waals surface area contributed by atoms with Crippen LogP contribution < -0.4 is 16.0 Å². The molecule has 0 aromatic rings. The minimum absolute atomic E-state index is 0.0171. The van der Waals surface area contributed by atoms with E-state index in [0.29, 0.717) is 25.3 Å². The predicted molar refractivity (Wildman–Crippen MR) is 83.0 cm³/mol. The van der Waals surface area contributed by atoms with Crippen LogP contribution in [0.5, 0.6) is 0 Å². The van der Waals surface area contributed by atoms with E-state index in [4.69, 9.17) is 9.47 Å². The Hall–Kier alpha value is -1.97.